The molecule has 0 aromatic heterocycles. The lowest BCUT2D eigenvalue weighted by Crippen LogP contribution is -2.47. The number of hydrogen-bond donors (Lipinski definition) is 2. The Labute approximate surface area is 124 Å². The van der Waals surface area contributed by atoms with Crippen LogP contribution in [0.25, 0.3) is 0 Å². The molecule has 1 saturated heterocycles. The molecule has 0 aliphatic carbocycles. The van der Waals surface area contributed by atoms with Crippen molar-refractivity contribution in [3.63, 3.8) is 0 Å². The maximum atomic E-state index is 12.2. The van der Waals surface area contributed by atoms with Crippen molar-refractivity contribution in [3.05, 3.63) is 0 Å². The molecule has 1 fully saturated rings. The third-order valence-electron chi connectivity index (χ3n) is 3.93. The fourth-order valence-electron chi connectivity index (χ4n) is 2.32. The Morgan fingerprint density at radius 1 is 1.52 bits per heavy atom. The molecule has 0 spiro atoms. The van der Waals surface area contributed by atoms with E-state index in [2.05, 4.69) is 5.32 Å². The van der Waals surface area contributed by atoms with Crippen LogP contribution in [-0.4, -0.2) is 60.6 Å². The molecule has 120 valence electrons. The van der Waals surface area contributed by atoms with E-state index in [1.807, 2.05) is 6.92 Å². The first-order chi connectivity index (χ1) is 9.90. The Morgan fingerprint density at radius 2 is 2.19 bits per heavy atom. The van der Waals surface area contributed by atoms with E-state index in [0.717, 1.165) is 0 Å². The highest BCUT2D eigenvalue weighted by atomic mass is 16.5. The van der Waals surface area contributed by atoms with Crippen LogP contribution in [0.4, 0.5) is 0 Å². The lowest BCUT2D eigenvalue weighted by molar-refractivity contribution is -0.143. The number of likely N-dealkylation sites (tertiary alicyclic amines) is 1. The quantitative estimate of drug-likeness (QED) is 0.662. The number of carbonyl (C=O) groups excluding carboxylic acids is 2. The van der Waals surface area contributed by atoms with E-state index in [1.165, 1.54) is 0 Å². The van der Waals surface area contributed by atoms with E-state index in [4.69, 9.17) is 4.74 Å². The first kappa shape index (κ1) is 17.4. The summed E-state index contributed by atoms with van der Waals surface area (Å²) < 4.78 is 4.92. The largest absolute Gasteiger partial charge is 0.480 e. The zero-order chi connectivity index (χ0) is 16.0. The van der Waals surface area contributed by atoms with Crippen LogP contribution < -0.4 is 5.32 Å². The van der Waals surface area contributed by atoms with E-state index in [-0.39, 0.29) is 24.2 Å². The van der Waals surface area contributed by atoms with E-state index in [1.54, 1.807) is 18.9 Å². The molecular formula is C14H24N2O5. The predicted octanol–water partition coefficient (Wildman–Crippen LogP) is 0.0968. The number of carboxylic acids is 1. The van der Waals surface area contributed by atoms with Crippen LogP contribution in [0.2, 0.25) is 0 Å². The van der Waals surface area contributed by atoms with Gasteiger partial charge in [-0.25, -0.2) is 4.79 Å². The van der Waals surface area contributed by atoms with Crippen molar-refractivity contribution in [2.75, 3.05) is 26.8 Å². The van der Waals surface area contributed by atoms with Crippen LogP contribution >= 0.6 is 0 Å². The zero-order valence-electron chi connectivity index (χ0n) is 12.8. The van der Waals surface area contributed by atoms with Gasteiger partial charge in [-0.3, -0.25) is 9.59 Å². The van der Waals surface area contributed by atoms with E-state index in [0.29, 0.717) is 26.1 Å². The molecule has 1 heterocycles. The number of carbonyl (C=O) groups is 3. The first-order valence-electron chi connectivity index (χ1n) is 7.20. The molecule has 0 bridgehead atoms. The summed E-state index contributed by atoms with van der Waals surface area (Å²) in [6.07, 6.45) is 0.781. The number of rotatable bonds is 8. The van der Waals surface area contributed by atoms with Gasteiger partial charge in [0.1, 0.15) is 6.04 Å². The Bertz CT molecular complexity index is 399. The standard InChI is InChI=1S/C14H24N2O5/c1-4-9(2)12(14(19)20)15-13(18)10-7-11(17)16(8-10)5-6-21-3/h9-10,12H,4-8H2,1-3H3,(H,15,18)(H,19,20)/t9-,10?,12-/m0/s1. The predicted molar refractivity (Wildman–Crippen MR) is 75.6 cm³/mol. The van der Waals surface area contributed by atoms with Gasteiger partial charge in [0.25, 0.3) is 0 Å². The van der Waals surface area contributed by atoms with E-state index >= 15 is 0 Å². The number of nitrogens with one attached hydrogen (secondary N) is 1. The molecule has 7 heteroatoms. The van der Waals surface area contributed by atoms with Crippen LogP contribution in [0.1, 0.15) is 26.7 Å². The maximum absolute atomic E-state index is 12.2. The minimum absolute atomic E-state index is 0.0948. The SMILES string of the molecule is CC[C@H](C)[C@H](NC(=O)C1CC(=O)N(CCOC)C1)C(=O)O. The molecular weight excluding hydrogens is 276 g/mol. The van der Waals surface area contributed by atoms with Gasteiger partial charge in [-0.05, 0) is 5.92 Å². The van der Waals surface area contributed by atoms with Crippen molar-refractivity contribution >= 4 is 17.8 Å². The third kappa shape index (κ3) is 4.70. The zero-order valence-corrected chi connectivity index (χ0v) is 12.8. The van der Waals surface area contributed by atoms with Gasteiger partial charge in [-0.2, -0.15) is 0 Å². The van der Waals surface area contributed by atoms with Crippen LogP contribution in [-0.2, 0) is 19.1 Å². The van der Waals surface area contributed by atoms with Crippen molar-refractivity contribution in [1.82, 2.24) is 10.2 Å². The highest BCUT2D eigenvalue weighted by Gasteiger charge is 2.36. The summed E-state index contributed by atoms with van der Waals surface area (Å²) in [4.78, 5) is 36.7. The Hall–Kier alpha value is -1.63. The summed E-state index contributed by atoms with van der Waals surface area (Å²) in [7, 11) is 1.55. The van der Waals surface area contributed by atoms with Gasteiger partial charge in [-0.15, -0.1) is 0 Å². The number of nitrogens with zero attached hydrogens (tertiary/aromatic N) is 1. The smallest absolute Gasteiger partial charge is 0.326 e. The van der Waals surface area contributed by atoms with Crippen LogP contribution in [0.5, 0.6) is 0 Å². The van der Waals surface area contributed by atoms with Crippen molar-refractivity contribution in [2.24, 2.45) is 11.8 Å². The van der Waals surface area contributed by atoms with Crippen molar-refractivity contribution in [1.29, 1.82) is 0 Å². The molecule has 0 aromatic carbocycles. The monoisotopic (exact) mass is 300 g/mol. The van der Waals surface area contributed by atoms with Crippen LogP contribution in [0, 0.1) is 11.8 Å². The van der Waals surface area contributed by atoms with Crippen molar-refractivity contribution in [3.8, 4) is 0 Å². The molecule has 0 aromatic rings. The Kier molecular flexibility index (Phi) is 6.61. The molecule has 21 heavy (non-hydrogen) atoms. The molecule has 2 amide bonds. The fraction of sp³-hybridized carbons (Fsp3) is 0.786. The molecule has 3 atom stereocenters. The highest BCUT2D eigenvalue weighted by Crippen LogP contribution is 2.18. The van der Waals surface area contributed by atoms with Crippen molar-refractivity contribution in [2.45, 2.75) is 32.7 Å². The molecule has 1 aliphatic rings. The molecule has 0 radical (unpaired) electrons. The average Bonchev–Trinajstić information content (AvgIpc) is 2.82. The van der Waals surface area contributed by atoms with E-state index in [9.17, 15) is 19.5 Å². The second kappa shape index (κ2) is 7.97. The van der Waals surface area contributed by atoms with Crippen molar-refractivity contribution < 1.29 is 24.2 Å². The number of carboxylic acid groups (broad SMARTS) is 1. The fourth-order valence-corrected chi connectivity index (χ4v) is 2.32. The second-order valence-corrected chi connectivity index (χ2v) is 5.44. The molecule has 1 unspecified atom stereocenters. The normalized spacial score (nSPS) is 21.2. The summed E-state index contributed by atoms with van der Waals surface area (Å²) in [5.41, 5.74) is 0. The Balaban J connectivity index is 2.59. The minimum atomic E-state index is -1.04. The van der Waals surface area contributed by atoms with Crippen LogP contribution in [0.15, 0.2) is 0 Å². The van der Waals surface area contributed by atoms with Gasteiger partial charge in [0, 0.05) is 26.6 Å². The number of aliphatic carboxylic acids is 1. The molecule has 1 rings (SSSR count). The van der Waals surface area contributed by atoms with Gasteiger partial charge in [0.15, 0.2) is 0 Å². The van der Waals surface area contributed by atoms with Crippen LogP contribution in [0.3, 0.4) is 0 Å². The number of ether oxygens (including phenoxy) is 1. The number of amides is 2. The van der Waals surface area contributed by atoms with Gasteiger partial charge < -0.3 is 20.1 Å². The summed E-state index contributed by atoms with van der Waals surface area (Å²) >= 11 is 0. The summed E-state index contributed by atoms with van der Waals surface area (Å²) in [5.74, 6) is -2.15. The molecule has 2 N–H and O–H groups in total. The van der Waals surface area contributed by atoms with E-state index < -0.39 is 17.9 Å². The first-order valence-corrected chi connectivity index (χ1v) is 7.20. The molecule has 7 nitrogen and oxygen atoms in total. The van der Waals surface area contributed by atoms with Gasteiger partial charge >= 0.3 is 5.97 Å². The second-order valence-electron chi connectivity index (χ2n) is 5.44. The average molecular weight is 300 g/mol. The Morgan fingerprint density at radius 3 is 2.71 bits per heavy atom. The van der Waals surface area contributed by atoms with Gasteiger partial charge in [-0.1, -0.05) is 20.3 Å². The topological polar surface area (TPSA) is 95.9 Å². The summed E-state index contributed by atoms with van der Waals surface area (Å²) in [5, 5.41) is 11.7. The molecule has 0 saturated carbocycles. The minimum Gasteiger partial charge on any atom is -0.480 e. The van der Waals surface area contributed by atoms with Gasteiger partial charge in [0.2, 0.25) is 11.8 Å². The number of methoxy groups -OCH3 is 1. The third-order valence-corrected chi connectivity index (χ3v) is 3.93. The lowest BCUT2D eigenvalue weighted by Gasteiger charge is -2.22. The van der Waals surface area contributed by atoms with Gasteiger partial charge in [0.05, 0.1) is 12.5 Å². The number of hydrogen-bond acceptors (Lipinski definition) is 4. The maximum Gasteiger partial charge on any atom is 0.326 e. The summed E-state index contributed by atoms with van der Waals surface area (Å²) in [6.45, 7) is 4.85. The molecule has 1 aliphatic heterocycles. The highest BCUT2D eigenvalue weighted by molar-refractivity contribution is 5.91. The summed E-state index contributed by atoms with van der Waals surface area (Å²) in [6, 6.07) is -0.911. The lowest BCUT2D eigenvalue weighted by atomic mass is 9.98.